The van der Waals surface area contributed by atoms with E-state index in [1.54, 1.807) is 36.5 Å². The number of benzene rings is 2. The minimum atomic E-state index is -0.345. The van der Waals surface area contributed by atoms with Crippen molar-refractivity contribution in [3.05, 3.63) is 77.9 Å². The normalized spacial score (nSPS) is 10.6. The van der Waals surface area contributed by atoms with Gasteiger partial charge in [-0.1, -0.05) is 43.3 Å². The lowest BCUT2D eigenvalue weighted by atomic mass is 10.1. The van der Waals surface area contributed by atoms with Crippen LogP contribution in [0.1, 0.15) is 35.7 Å². The van der Waals surface area contributed by atoms with Crippen molar-refractivity contribution in [3.8, 4) is 5.69 Å². The molecule has 0 saturated heterocycles. The van der Waals surface area contributed by atoms with Crippen molar-refractivity contribution in [2.75, 3.05) is 12.3 Å². The molecule has 162 valence electrons. The molecule has 2 amide bonds. The number of halogens is 1. The van der Waals surface area contributed by atoms with Gasteiger partial charge in [0.1, 0.15) is 5.82 Å². The van der Waals surface area contributed by atoms with Gasteiger partial charge >= 0.3 is 0 Å². The number of nitrogens with zero attached hydrogens (tertiary/aromatic N) is 2. The van der Waals surface area contributed by atoms with E-state index < -0.39 is 0 Å². The Bertz CT molecular complexity index is 1020. The van der Waals surface area contributed by atoms with Gasteiger partial charge in [0.05, 0.1) is 5.75 Å². The highest BCUT2D eigenvalue weighted by Gasteiger charge is 2.11. The molecule has 2 N–H and O–H groups in total. The molecule has 1 heterocycles. The van der Waals surface area contributed by atoms with Gasteiger partial charge in [0, 0.05) is 42.3 Å². The summed E-state index contributed by atoms with van der Waals surface area (Å²) in [5.41, 5.74) is 1.74. The fraction of sp³-hybridized carbons (Fsp3) is 0.261. The van der Waals surface area contributed by atoms with Crippen molar-refractivity contribution in [1.29, 1.82) is 0 Å². The fourth-order valence-electron chi connectivity index (χ4n) is 2.87. The molecule has 8 heteroatoms. The molecule has 6 nitrogen and oxygen atoms in total. The highest BCUT2D eigenvalue weighted by atomic mass is 32.2. The Hall–Kier alpha value is -3.13. The van der Waals surface area contributed by atoms with Crippen LogP contribution < -0.4 is 10.6 Å². The fourth-order valence-corrected chi connectivity index (χ4v) is 3.67. The van der Waals surface area contributed by atoms with E-state index in [2.05, 4.69) is 22.5 Å². The van der Waals surface area contributed by atoms with Crippen LogP contribution in [0.15, 0.2) is 66.1 Å². The van der Waals surface area contributed by atoms with Crippen LogP contribution in [-0.4, -0.2) is 33.7 Å². The maximum atomic E-state index is 13.7. The summed E-state index contributed by atoms with van der Waals surface area (Å²) in [6.45, 7) is 2.89. The van der Waals surface area contributed by atoms with Crippen molar-refractivity contribution < 1.29 is 14.0 Å². The predicted octanol–water partition coefficient (Wildman–Crippen LogP) is 3.95. The van der Waals surface area contributed by atoms with E-state index in [1.165, 1.54) is 17.8 Å². The second kappa shape index (κ2) is 11.3. The summed E-state index contributed by atoms with van der Waals surface area (Å²) in [6.07, 6.45) is 5.48. The summed E-state index contributed by atoms with van der Waals surface area (Å²) < 4.78 is 15.6. The lowest BCUT2D eigenvalue weighted by Gasteiger charge is -2.10. The van der Waals surface area contributed by atoms with Crippen molar-refractivity contribution in [3.63, 3.8) is 0 Å². The summed E-state index contributed by atoms with van der Waals surface area (Å²) in [6, 6.07) is 13.4. The molecular formula is C23H25FN4O2S. The largest absolute Gasteiger partial charge is 0.355 e. The second-order valence-corrected chi connectivity index (χ2v) is 7.84. The Balaban J connectivity index is 1.58. The van der Waals surface area contributed by atoms with Gasteiger partial charge in [-0.05, 0) is 36.8 Å². The van der Waals surface area contributed by atoms with Crippen molar-refractivity contribution in [2.24, 2.45) is 0 Å². The Kier molecular flexibility index (Phi) is 8.23. The van der Waals surface area contributed by atoms with E-state index in [9.17, 15) is 14.0 Å². The highest BCUT2D eigenvalue weighted by Crippen LogP contribution is 2.20. The number of hydrogen-bond acceptors (Lipinski definition) is 4. The quantitative estimate of drug-likeness (QED) is 0.370. The first-order valence-electron chi connectivity index (χ1n) is 10.1. The van der Waals surface area contributed by atoms with Crippen LogP contribution in [0.3, 0.4) is 0 Å². The minimum absolute atomic E-state index is 0.0186. The SMILES string of the molecule is CCCCNC(=O)CSc1nccn1-c1ccc(C(=O)NCc2ccccc2F)cc1. The average molecular weight is 441 g/mol. The number of amides is 2. The van der Waals surface area contributed by atoms with Crippen LogP contribution in [0.5, 0.6) is 0 Å². The van der Waals surface area contributed by atoms with Crippen LogP contribution in [0.2, 0.25) is 0 Å². The summed E-state index contributed by atoms with van der Waals surface area (Å²) >= 11 is 1.36. The molecule has 0 radical (unpaired) electrons. The van der Waals surface area contributed by atoms with Crippen molar-refractivity contribution in [2.45, 2.75) is 31.5 Å². The van der Waals surface area contributed by atoms with Gasteiger partial charge < -0.3 is 10.6 Å². The molecule has 0 aliphatic heterocycles. The molecule has 0 saturated carbocycles. The first-order valence-corrected chi connectivity index (χ1v) is 11.1. The van der Waals surface area contributed by atoms with Gasteiger partial charge in [0.2, 0.25) is 5.91 Å². The molecule has 1 aromatic heterocycles. The number of imidazole rings is 1. The minimum Gasteiger partial charge on any atom is -0.355 e. The van der Waals surface area contributed by atoms with Crippen molar-refractivity contribution in [1.82, 2.24) is 20.2 Å². The third kappa shape index (κ3) is 6.42. The maximum absolute atomic E-state index is 13.7. The topological polar surface area (TPSA) is 76.0 Å². The second-order valence-electron chi connectivity index (χ2n) is 6.89. The first kappa shape index (κ1) is 22.6. The number of nitrogens with one attached hydrogen (secondary N) is 2. The summed E-state index contributed by atoms with van der Waals surface area (Å²) in [4.78, 5) is 28.6. The van der Waals surface area contributed by atoms with E-state index in [1.807, 2.05) is 22.9 Å². The number of unbranched alkanes of at least 4 members (excludes halogenated alkanes) is 1. The number of thioether (sulfide) groups is 1. The zero-order valence-electron chi connectivity index (χ0n) is 17.3. The Morgan fingerprint density at radius 2 is 1.87 bits per heavy atom. The van der Waals surface area contributed by atoms with Gasteiger partial charge in [-0.15, -0.1) is 0 Å². The lowest BCUT2D eigenvalue weighted by Crippen LogP contribution is -2.26. The molecule has 31 heavy (non-hydrogen) atoms. The molecular weight excluding hydrogens is 415 g/mol. The third-order valence-electron chi connectivity index (χ3n) is 4.60. The molecule has 3 aromatic rings. The smallest absolute Gasteiger partial charge is 0.251 e. The summed E-state index contributed by atoms with van der Waals surface area (Å²) in [7, 11) is 0. The number of carbonyl (C=O) groups is 2. The van der Waals surface area contributed by atoms with Crippen LogP contribution >= 0.6 is 11.8 Å². The monoisotopic (exact) mass is 440 g/mol. The highest BCUT2D eigenvalue weighted by molar-refractivity contribution is 7.99. The number of hydrogen-bond donors (Lipinski definition) is 2. The molecule has 0 aliphatic carbocycles. The lowest BCUT2D eigenvalue weighted by molar-refractivity contribution is -0.118. The molecule has 2 aromatic carbocycles. The Morgan fingerprint density at radius 3 is 2.61 bits per heavy atom. The van der Waals surface area contributed by atoms with E-state index in [4.69, 9.17) is 0 Å². The van der Waals surface area contributed by atoms with E-state index in [-0.39, 0.29) is 29.9 Å². The average Bonchev–Trinajstić information content (AvgIpc) is 3.26. The number of rotatable bonds is 10. The van der Waals surface area contributed by atoms with E-state index in [0.29, 0.717) is 22.8 Å². The van der Waals surface area contributed by atoms with Crippen LogP contribution in [-0.2, 0) is 11.3 Å². The molecule has 0 atom stereocenters. The van der Waals surface area contributed by atoms with Gasteiger partial charge in [-0.3, -0.25) is 14.2 Å². The maximum Gasteiger partial charge on any atom is 0.251 e. The van der Waals surface area contributed by atoms with Gasteiger partial charge in [0.15, 0.2) is 5.16 Å². The van der Waals surface area contributed by atoms with Crippen LogP contribution in [0.4, 0.5) is 4.39 Å². The number of aromatic nitrogens is 2. The van der Waals surface area contributed by atoms with Gasteiger partial charge in [-0.2, -0.15) is 0 Å². The first-order chi connectivity index (χ1) is 15.1. The van der Waals surface area contributed by atoms with Gasteiger partial charge in [0.25, 0.3) is 5.91 Å². The van der Waals surface area contributed by atoms with Gasteiger partial charge in [-0.25, -0.2) is 9.37 Å². The predicted molar refractivity (Wildman–Crippen MR) is 120 cm³/mol. The van der Waals surface area contributed by atoms with Crippen LogP contribution in [0, 0.1) is 5.82 Å². The molecule has 0 fully saturated rings. The molecule has 0 bridgehead atoms. The number of carbonyl (C=O) groups excluding carboxylic acids is 2. The molecule has 0 aliphatic rings. The standard InChI is InChI=1S/C23H25FN4O2S/c1-2-3-12-25-21(29)16-31-23-26-13-14-28(23)19-10-8-17(9-11-19)22(30)27-15-18-6-4-5-7-20(18)24/h4-11,13-14H,2-3,12,15-16H2,1H3,(H,25,29)(H,27,30). The zero-order valence-corrected chi connectivity index (χ0v) is 18.1. The Morgan fingerprint density at radius 1 is 1.10 bits per heavy atom. The molecule has 3 rings (SSSR count). The van der Waals surface area contributed by atoms with Crippen LogP contribution in [0.25, 0.3) is 5.69 Å². The van der Waals surface area contributed by atoms with E-state index in [0.717, 1.165) is 18.5 Å². The molecule has 0 spiro atoms. The summed E-state index contributed by atoms with van der Waals surface area (Å²) in [5.74, 6) is -0.354. The van der Waals surface area contributed by atoms with E-state index >= 15 is 0 Å². The van der Waals surface area contributed by atoms with Crippen molar-refractivity contribution >= 4 is 23.6 Å². The molecule has 0 unspecified atom stereocenters. The third-order valence-corrected chi connectivity index (χ3v) is 5.56. The summed E-state index contributed by atoms with van der Waals surface area (Å²) in [5, 5.41) is 6.31. The Labute approximate surface area is 185 Å². The zero-order chi connectivity index (χ0) is 22.1.